The van der Waals surface area contributed by atoms with Crippen molar-refractivity contribution in [3.05, 3.63) is 57.1 Å². The van der Waals surface area contributed by atoms with Crippen LogP contribution in [0.4, 0.5) is 29.1 Å². The van der Waals surface area contributed by atoms with E-state index in [0.29, 0.717) is 3.57 Å². The van der Waals surface area contributed by atoms with Gasteiger partial charge in [0.25, 0.3) is 5.78 Å². The molecule has 11 heteroatoms. The Kier molecular flexibility index (Phi) is 4.34. The number of alkyl halides is 3. The molecule has 0 radical (unpaired) electrons. The van der Waals surface area contributed by atoms with Crippen molar-refractivity contribution in [2.24, 2.45) is 0 Å². The summed E-state index contributed by atoms with van der Waals surface area (Å²) in [7, 11) is 0. The first-order valence-electron chi connectivity index (χ1n) is 7.37. The second kappa shape index (κ2) is 6.44. The molecule has 4 rings (SSSR count). The lowest BCUT2D eigenvalue weighted by molar-refractivity contribution is -0.121. The third kappa shape index (κ3) is 3.16. The minimum absolute atomic E-state index is 0.0694. The van der Waals surface area contributed by atoms with E-state index in [-0.39, 0.29) is 32.3 Å². The number of aromatic nitrogens is 4. The van der Waals surface area contributed by atoms with E-state index < -0.39 is 17.9 Å². The van der Waals surface area contributed by atoms with Crippen LogP contribution in [0.2, 0.25) is 5.02 Å². The molecule has 0 saturated heterocycles. The fourth-order valence-corrected chi connectivity index (χ4v) is 3.40. The Morgan fingerprint density at radius 2 is 1.93 bits per heavy atom. The number of nitrogens with zero attached hydrogens (tertiary/aromatic N) is 5. The first kappa shape index (κ1) is 18.2. The smallest absolute Gasteiger partial charge is 0.265 e. The van der Waals surface area contributed by atoms with Crippen LogP contribution in [0.5, 0.6) is 0 Å². The summed E-state index contributed by atoms with van der Waals surface area (Å²) in [5.74, 6) is -1.44. The predicted octanol–water partition coefficient (Wildman–Crippen LogP) is 5.33. The van der Waals surface area contributed by atoms with Gasteiger partial charge in [-0.15, -0.1) is 23.4 Å². The third-order valence-electron chi connectivity index (χ3n) is 3.81. The van der Waals surface area contributed by atoms with Gasteiger partial charge in [-0.3, -0.25) is 4.40 Å². The number of anilines is 2. The summed E-state index contributed by atoms with van der Waals surface area (Å²) >= 11 is 7.74. The molecule has 4 aromatic rings. The fourth-order valence-electron chi connectivity index (χ4n) is 2.72. The first-order valence-corrected chi connectivity index (χ1v) is 8.82. The van der Waals surface area contributed by atoms with Gasteiger partial charge < -0.3 is 0 Å². The molecule has 27 heavy (non-hydrogen) atoms. The molecular formula is C16H7ClF4IN5. The average molecular weight is 508 g/mol. The molecule has 0 saturated carbocycles. The SMILES string of the molecule is Fc1cc2c(N(c3cccc(I)c3)C(F)(F)F)nc3nncn3c2cc1Cl. The standard InChI is InChI=1S/C16H7ClF4IN5/c17-11-6-13-10(5-12(11)18)14(24-15-25-23-7-26(13)15)27(16(19,20)21)9-3-1-2-8(22)4-9/h1-7H. The molecule has 0 N–H and O–H groups in total. The highest BCUT2D eigenvalue weighted by Crippen LogP contribution is 2.40. The largest absolute Gasteiger partial charge is 0.490 e. The highest BCUT2D eigenvalue weighted by atomic mass is 127. The van der Waals surface area contributed by atoms with Crippen LogP contribution in [0, 0.1) is 9.39 Å². The van der Waals surface area contributed by atoms with Crippen LogP contribution in [0.3, 0.4) is 0 Å². The van der Waals surface area contributed by atoms with Crippen molar-refractivity contribution in [3.63, 3.8) is 0 Å². The van der Waals surface area contributed by atoms with E-state index in [1.807, 2.05) is 22.6 Å². The number of hydrogen-bond acceptors (Lipinski definition) is 4. The molecule has 0 unspecified atom stereocenters. The summed E-state index contributed by atoms with van der Waals surface area (Å²) in [5.41, 5.74) is 0.0358. The van der Waals surface area contributed by atoms with Crippen LogP contribution in [0.1, 0.15) is 0 Å². The van der Waals surface area contributed by atoms with Crippen LogP contribution in [-0.4, -0.2) is 25.9 Å². The van der Waals surface area contributed by atoms with Gasteiger partial charge in [-0.2, -0.15) is 4.98 Å². The lowest BCUT2D eigenvalue weighted by atomic mass is 10.2. The normalized spacial score (nSPS) is 12.1. The van der Waals surface area contributed by atoms with Crippen LogP contribution in [-0.2, 0) is 0 Å². The van der Waals surface area contributed by atoms with Crippen LogP contribution in [0.15, 0.2) is 42.7 Å². The summed E-state index contributed by atoms with van der Waals surface area (Å²) in [6.07, 6.45) is -3.55. The van der Waals surface area contributed by atoms with Gasteiger partial charge in [0.1, 0.15) is 12.1 Å². The number of hydrogen-bond donors (Lipinski definition) is 0. The van der Waals surface area contributed by atoms with E-state index in [1.54, 1.807) is 6.07 Å². The minimum atomic E-state index is -4.82. The molecule has 2 heterocycles. The first-order chi connectivity index (χ1) is 12.8. The lowest BCUT2D eigenvalue weighted by Crippen LogP contribution is -2.34. The van der Waals surface area contributed by atoms with Gasteiger partial charge in [-0.05, 0) is 52.9 Å². The molecule has 2 aromatic carbocycles. The molecule has 0 aliphatic rings. The molecule has 2 aromatic heterocycles. The summed E-state index contributed by atoms with van der Waals surface area (Å²) in [6.45, 7) is 0. The Hall–Kier alpha value is -2.21. The summed E-state index contributed by atoms with van der Waals surface area (Å²) in [6, 6.07) is 7.94. The highest BCUT2D eigenvalue weighted by Gasteiger charge is 2.41. The van der Waals surface area contributed by atoms with E-state index in [2.05, 4.69) is 15.2 Å². The third-order valence-corrected chi connectivity index (χ3v) is 4.77. The van der Waals surface area contributed by atoms with Gasteiger partial charge >= 0.3 is 6.30 Å². The Bertz CT molecular complexity index is 1180. The van der Waals surface area contributed by atoms with Crippen molar-refractivity contribution in [1.82, 2.24) is 19.6 Å². The van der Waals surface area contributed by atoms with Crippen molar-refractivity contribution in [2.45, 2.75) is 6.30 Å². The molecule has 0 fully saturated rings. The number of rotatable bonds is 2. The quantitative estimate of drug-likeness (QED) is 0.209. The maximum absolute atomic E-state index is 14.1. The molecule has 0 atom stereocenters. The maximum Gasteiger partial charge on any atom is 0.490 e. The maximum atomic E-state index is 14.1. The van der Waals surface area contributed by atoms with Crippen molar-refractivity contribution < 1.29 is 17.6 Å². The monoisotopic (exact) mass is 507 g/mol. The lowest BCUT2D eigenvalue weighted by Gasteiger charge is -2.27. The molecule has 138 valence electrons. The average Bonchev–Trinajstić information content (AvgIpc) is 3.04. The number of fused-ring (bicyclic) bond motifs is 3. The van der Waals surface area contributed by atoms with E-state index in [0.717, 1.165) is 6.07 Å². The van der Waals surface area contributed by atoms with Crippen LogP contribution < -0.4 is 4.90 Å². The second-order valence-electron chi connectivity index (χ2n) is 5.50. The summed E-state index contributed by atoms with van der Waals surface area (Å²) in [5, 5.41) is 7.08. The number of halogens is 6. The topological polar surface area (TPSA) is 46.3 Å². The Morgan fingerprint density at radius 1 is 1.15 bits per heavy atom. The van der Waals surface area contributed by atoms with Gasteiger partial charge in [0.15, 0.2) is 5.82 Å². The Balaban J connectivity index is 2.11. The van der Waals surface area contributed by atoms with E-state index in [1.165, 1.54) is 35.0 Å². The molecule has 0 spiro atoms. The van der Waals surface area contributed by atoms with Crippen molar-refractivity contribution >= 4 is 62.4 Å². The van der Waals surface area contributed by atoms with Gasteiger partial charge in [-0.1, -0.05) is 17.7 Å². The van der Waals surface area contributed by atoms with Crippen molar-refractivity contribution in [3.8, 4) is 0 Å². The van der Waals surface area contributed by atoms with Gasteiger partial charge in [-0.25, -0.2) is 9.29 Å². The predicted molar refractivity (Wildman–Crippen MR) is 101 cm³/mol. The molecular weight excluding hydrogens is 501 g/mol. The zero-order chi connectivity index (χ0) is 19.3. The molecule has 0 bridgehead atoms. The summed E-state index contributed by atoms with van der Waals surface area (Å²) in [4.78, 5) is 4.07. The summed E-state index contributed by atoms with van der Waals surface area (Å²) < 4.78 is 58.0. The van der Waals surface area contributed by atoms with E-state index >= 15 is 0 Å². The van der Waals surface area contributed by atoms with E-state index in [4.69, 9.17) is 11.6 Å². The molecule has 5 nitrogen and oxygen atoms in total. The molecule has 0 aliphatic carbocycles. The Labute approximate surface area is 167 Å². The Morgan fingerprint density at radius 3 is 2.63 bits per heavy atom. The molecule has 0 amide bonds. The minimum Gasteiger partial charge on any atom is -0.265 e. The zero-order valence-electron chi connectivity index (χ0n) is 13.0. The van der Waals surface area contributed by atoms with Gasteiger partial charge in [0, 0.05) is 8.96 Å². The van der Waals surface area contributed by atoms with Gasteiger partial charge in [0.05, 0.1) is 16.2 Å². The van der Waals surface area contributed by atoms with Crippen LogP contribution >= 0.6 is 34.2 Å². The molecule has 0 aliphatic heterocycles. The van der Waals surface area contributed by atoms with Crippen molar-refractivity contribution in [2.75, 3.05) is 4.90 Å². The van der Waals surface area contributed by atoms with E-state index in [9.17, 15) is 17.6 Å². The number of benzene rings is 2. The second-order valence-corrected chi connectivity index (χ2v) is 7.16. The van der Waals surface area contributed by atoms with Crippen LogP contribution in [0.25, 0.3) is 16.7 Å². The zero-order valence-corrected chi connectivity index (χ0v) is 16.0. The highest BCUT2D eigenvalue weighted by molar-refractivity contribution is 14.1. The fraction of sp³-hybridized carbons (Fsp3) is 0.0625. The van der Waals surface area contributed by atoms with Gasteiger partial charge in [0.2, 0.25) is 0 Å². The van der Waals surface area contributed by atoms with Crippen molar-refractivity contribution in [1.29, 1.82) is 0 Å².